The Hall–Kier alpha value is -1.23. The van der Waals surface area contributed by atoms with E-state index in [1.165, 1.54) is 0 Å². The minimum Gasteiger partial charge on any atom is -0.313 e. The smallest absolute Gasteiger partial charge is 0.161 e. The first-order valence-corrected chi connectivity index (χ1v) is 6.93. The normalized spacial score (nSPS) is 12.5. The number of halogens is 5. The molecule has 0 spiro atoms. The molecule has 1 N–H and O–H groups in total. The van der Waals surface area contributed by atoms with E-state index >= 15 is 0 Å². The molecule has 0 fully saturated rings. The molecule has 0 radical (unpaired) electrons. The molecular formula is C15H12Cl2F3N. The van der Waals surface area contributed by atoms with E-state index in [0.717, 1.165) is 11.6 Å². The molecule has 1 nitrogen and oxygen atoms in total. The van der Waals surface area contributed by atoms with Crippen LogP contribution < -0.4 is 5.32 Å². The lowest BCUT2D eigenvalue weighted by Crippen LogP contribution is -2.20. The van der Waals surface area contributed by atoms with Gasteiger partial charge in [0, 0.05) is 17.7 Å². The lowest BCUT2D eigenvalue weighted by Gasteiger charge is -2.18. The molecule has 2 aromatic rings. The number of benzene rings is 2. The third-order valence-corrected chi connectivity index (χ3v) is 3.93. The summed E-state index contributed by atoms with van der Waals surface area (Å²) in [6.07, 6.45) is 0.357. The molecule has 0 aliphatic carbocycles. The molecule has 0 aliphatic rings. The Morgan fingerprint density at radius 3 is 2.24 bits per heavy atom. The maximum atomic E-state index is 13.8. The molecule has 6 heteroatoms. The van der Waals surface area contributed by atoms with Gasteiger partial charge in [0.1, 0.15) is 5.82 Å². The second-order valence-electron chi connectivity index (χ2n) is 4.58. The molecule has 1 atom stereocenters. The molecule has 0 heterocycles. The second-order valence-corrected chi connectivity index (χ2v) is 5.40. The monoisotopic (exact) mass is 333 g/mol. The molecule has 2 aromatic carbocycles. The van der Waals surface area contributed by atoms with Crippen molar-refractivity contribution in [2.24, 2.45) is 0 Å². The summed E-state index contributed by atoms with van der Waals surface area (Å²) in [6.45, 7) is 0. The Labute approximate surface area is 130 Å². The first-order chi connectivity index (χ1) is 9.92. The first-order valence-electron chi connectivity index (χ1n) is 6.18. The van der Waals surface area contributed by atoms with Gasteiger partial charge in [0.25, 0.3) is 0 Å². The number of rotatable bonds is 4. The van der Waals surface area contributed by atoms with Gasteiger partial charge >= 0.3 is 0 Å². The Morgan fingerprint density at radius 1 is 0.952 bits per heavy atom. The Kier molecular flexibility index (Phi) is 5.14. The highest BCUT2D eigenvalue weighted by atomic mass is 35.5. The summed E-state index contributed by atoms with van der Waals surface area (Å²) in [5.41, 5.74) is 0.857. The van der Waals surface area contributed by atoms with Gasteiger partial charge in [-0.1, -0.05) is 29.3 Å². The van der Waals surface area contributed by atoms with Crippen molar-refractivity contribution in [3.63, 3.8) is 0 Å². The van der Waals surface area contributed by atoms with Crippen molar-refractivity contribution in [2.75, 3.05) is 7.05 Å². The Balaban J connectivity index is 2.31. The summed E-state index contributed by atoms with van der Waals surface area (Å²) in [7, 11) is 1.61. The zero-order valence-corrected chi connectivity index (χ0v) is 12.6. The highest BCUT2D eigenvalue weighted by Gasteiger charge is 2.18. The van der Waals surface area contributed by atoms with Gasteiger partial charge in [-0.15, -0.1) is 0 Å². The van der Waals surface area contributed by atoms with Gasteiger partial charge < -0.3 is 5.32 Å². The van der Waals surface area contributed by atoms with Gasteiger partial charge in [-0.25, -0.2) is 13.2 Å². The average molecular weight is 334 g/mol. The maximum Gasteiger partial charge on any atom is 0.161 e. The van der Waals surface area contributed by atoms with Crippen molar-refractivity contribution in [3.8, 4) is 0 Å². The van der Waals surface area contributed by atoms with E-state index in [0.29, 0.717) is 22.5 Å². The van der Waals surface area contributed by atoms with Gasteiger partial charge in [0.15, 0.2) is 11.6 Å². The number of likely N-dealkylation sites (N-methyl/N-ethyl adjacent to an activating group) is 1. The van der Waals surface area contributed by atoms with Crippen molar-refractivity contribution in [1.29, 1.82) is 0 Å². The SMILES string of the molecule is CNC(Cc1ccc(Cl)c(Cl)c1)c1cc(F)c(F)cc1F. The molecule has 112 valence electrons. The lowest BCUT2D eigenvalue weighted by atomic mass is 9.98. The lowest BCUT2D eigenvalue weighted by molar-refractivity contribution is 0.474. The van der Waals surface area contributed by atoms with Gasteiger partial charge in [-0.2, -0.15) is 0 Å². The predicted molar refractivity (Wildman–Crippen MR) is 78.3 cm³/mol. The Morgan fingerprint density at radius 2 is 1.62 bits per heavy atom. The summed E-state index contributed by atoms with van der Waals surface area (Å²) in [5.74, 6) is -3.09. The molecule has 2 rings (SSSR count). The quantitative estimate of drug-likeness (QED) is 0.783. The minimum atomic E-state index is -1.21. The van der Waals surface area contributed by atoms with E-state index in [4.69, 9.17) is 23.2 Å². The zero-order valence-electron chi connectivity index (χ0n) is 11.1. The van der Waals surface area contributed by atoms with Gasteiger partial charge in [-0.05, 0) is 37.2 Å². The molecule has 0 aliphatic heterocycles. The van der Waals surface area contributed by atoms with Crippen LogP contribution in [0, 0.1) is 17.5 Å². The highest BCUT2D eigenvalue weighted by Crippen LogP contribution is 2.27. The summed E-state index contributed by atoms with van der Waals surface area (Å²) in [6, 6.07) is 5.93. The van der Waals surface area contributed by atoms with Crippen LogP contribution in [-0.2, 0) is 6.42 Å². The van der Waals surface area contributed by atoms with E-state index in [-0.39, 0.29) is 5.56 Å². The second kappa shape index (κ2) is 6.69. The number of hydrogen-bond donors (Lipinski definition) is 1. The standard InChI is InChI=1S/C15H12Cl2F3N/c1-21-15(5-8-2-3-10(16)11(17)4-8)9-6-13(19)14(20)7-12(9)18/h2-4,6-7,15,21H,5H2,1H3. The fourth-order valence-corrected chi connectivity index (χ4v) is 2.40. The van der Waals surface area contributed by atoms with E-state index in [1.807, 2.05) is 0 Å². The molecule has 21 heavy (non-hydrogen) atoms. The summed E-state index contributed by atoms with van der Waals surface area (Å²) < 4.78 is 40.1. The van der Waals surface area contributed by atoms with Crippen LogP contribution in [0.1, 0.15) is 17.2 Å². The molecule has 0 amide bonds. The van der Waals surface area contributed by atoms with Crippen LogP contribution in [0.2, 0.25) is 10.0 Å². The number of hydrogen-bond acceptors (Lipinski definition) is 1. The van der Waals surface area contributed by atoms with Crippen molar-refractivity contribution < 1.29 is 13.2 Å². The minimum absolute atomic E-state index is 0.0578. The van der Waals surface area contributed by atoms with Crippen LogP contribution in [0.25, 0.3) is 0 Å². The third-order valence-electron chi connectivity index (χ3n) is 3.19. The largest absolute Gasteiger partial charge is 0.313 e. The third kappa shape index (κ3) is 3.70. The molecule has 0 bridgehead atoms. The summed E-state index contributed by atoms with van der Waals surface area (Å²) in [4.78, 5) is 0. The summed E-state index contributed by atoms with van der Waals surface area (Å²) in [5, 5.41) is 3.68. The average Bonchev–Trinajstić information content (AvgIpc) is 2.44. The van der Waals surface area contributed by atoms with Crippen molar-refractivity contribution in [3.05, 3.63) is 69.0 Å². The first kappa shape index (κ1) is 16.1. The maximum absolute atomic E-state index is 13.8. The van der Waals surface area contributed by atoms with E-state index in [2.05, 4.69) is 5.32 Å². The molecule has 0 saturated carbocycles. The van der Waals surface area contributed by atoms with Gasteiger partial charge in [0.2, 0.25) is 0 Å². The van der Waals surface area contributed by atoms with Crippen LogP contribution in [-0.4, -0.2) is 7.05 Å². The van der Waals surface area contributed by atoms with Crippen molar-refractivity contribution in [1.82, 2.24) is 5.32 Å². The molecular weight excluding hydrogens is 322 g/mol. The molecule has 1 unspecified atom stereocenters. The van der Waals surface area contributed by atoms with E-state index in [1.54, 1.807) is 25.2 Å². The van der Waals surface area contributed by atoms with Crippen LogP contribution in [0.15, 0.2) is 30.3 Å². The zero-order chi connectivity index (χ0) is 15.6. The van der Waals surface area contributed by atoms with Gasteiger partial charge in [0.05, 0.1) is 10.0 Å². The van der Waals surface area contributed by atoms with Gasteiger partial charge in [-0.3, -0.25) is 0 Å². The van der Waals surface area contributed by atoms with Crippen LogP contribution >= 0.6 is 23.2 Å². The molecule has 0 saturated heterocycles. The molecule has 0 aromatic heterocycles. The fraction of sp³-hybridized carbons (Fsp3) is 0.200. The topological polar surface area (TPSA) is 12.0 Å². The van der Waals surface area contributed by atoms with Crippen LogP contribution in [0.3, 0.4) is 0 Å². The highest BCUT2D eigenvalue weighted by molar-refractivity contribution is 6.42. The van der Waals surface area contributed by atoms with E-state index < -0.39 is 23.5 Å². The van der Waals surface area contributed by atoms with Crippen molar-refractivity contribution >= 4 is 23.2 Å². The van der Waals surface area contributed by atoms with Crippen LogP contribution in [0.4, 0.5) is 13.2 Å². The Bertz CT molecular complexity index is 662. The predicted octanol–water partition coefficient (Wildman–Crippen LogP) is 4.91. The van der Waals surface area contributed by atoms with Crippen LogP contribution in [0.5, 0.6) is 0 Å². The fourth-order valence-electron chi connectivity index (χ4n) is 2.07. The van der Waals surface area contributed by atoms with E-state index in [9.17, 15) is 13.2 Å². The summed E-state index contributed by atoms with van der Waals surface area (Å²) >= 11 is 11.8. The number of nitrogens with one attached hydrogen (secondary N) is 1. The van der Waals surface area contributed by atoms with Crippen molar-refractivity contribution in [2.45, 2.75) is 12.5 Å².